The highest BCUT2D eigenvalue weighted by molar-refractivity contribution is 9.10. The van der Waals surface area contributed by atoms with E-state index >= 15 is 0 Å². The zero-order chi connectivity index (χ0) is 14.5. The number of oxime groups is 1. The van der Waals surface area contributed by atoms with Gasteiger partial charge in [-0.15, -0.1) is 0 Å². The zero-order valence-corrected chi connectivity index (χ0v) is 12.6. The molecule has 6 heteroatoms. The van der Waals surface area contributed by atoms with E-state index in [0.29, 0.717) is 16.8 Å². The van der Waals surface area contributed by atoms with Gasteiger partial charge in [-0.2, -0.15) is 0 Å². The van der Waals surface area contributed by atoms with Gasteiger partial charge >= 0.3 is 0 Å². The van der Waals surface area contributed by atoms with Crippen molar-refractivity contribution in [1.29, 1.82) is 0 Å². The summed E-state index contributed by atoms with van der Waals surface area (Å²) in [4.78, 5) is 0. The van der Waals surface area contributed by atoms with E-state index < -0.39 is 0 Å². The second kappa shape index (κ2) is 6.75. The summed E-state index contributed by atoms with van der Waals surface area (Å²) in [6, 6.07) is 4.51. The Morgan fingerprint density at radius 3 is 2.79 bits per heavy atom. The lowest BCUT2D eigenvalue weighted by molar-refractivity contribution is 0.277. The maximum atomic E-state index is 13.0. The molecular formula is C13H18BrFN2O2. The second-order valence-electron chi connectivity index (χ2n) is 4.90. The summed E-state index contributed by atoms with van der Waals surface area (Å²) < 4.78 is 18.9. The van der Waals surface area contributed by atoms with Crippen molar-refractivity contribution in [2.75, 3.05) is 6.61 Å². The number of nitrogens with two attached hydrogens (primary N) is 1. The topological polar surface area (TPSA) is 67.8 Å². The molecule has 0 aromatic heterocycles. The van der Waals surface area contributed by atoms with E-state index in [2.05, 4.69) is 21.1 Å². The van der Waals surface area contributed by atoms with Crippen LogP contribution in [0.15, 0.2) is 27.8 Å². The van der Waals surface area contributed by atoms with Crippen molar-refractivity contribution in [1.82, 2.24) is 0 Å². The number of benzene rings is 1. The quantitative estimate of drug-likeness (QED) is 0.275. The van der Waals surface area contributed by atoms with Crippen LogP contribution in [-0.2, 0) is 0 Å². The highest BCUT2D eigenvalue weighted by Gasteiger charge is 2.22. The molecule has 0 unspecified atom stereocenters. The molecule has 1 aromatic carbocycles. The van der Waals surface area contributed by atoms with Crippen LogP contribution in [0, 0.1) is 11.2 Å². The molecule has 0 bridgehead atoms. The van der Waals surface area contributed by atoms with Crippen molar-refractivity contribution in [2.45, 2.75) is 26.7 Å². The van der Waals surface area contributed by atoms with Crippen LogP contribution < -0.4 is 10.5 Å². The molecule has 3 N–H and O–H groups in total. The molecule has 0 aliphatic heterocycles. The first-order valence-electron chi connectivity index (χ1n) is 5.92. The van der Waals surface area contributed by atoms with Gasteiger partial charge in [-0.3, -0.25) is 0 Å². The Morgan fingerprint density at radius 2 is 2.21 bits per heavy atom. The first-order valence-corrected chi connectivity index (χ1v) is 6.72. The molecule has 4 nitrogen and oxygen atoms in total. The van der Waals surface area contributed by atoms with Crippen LogP contribution in [-0.4, -0.2) is 17.6 Å². The maximum Gasteiger partial charge on any atom is 0.144 e. The number of hydrogen-bond acceptors (Lipinski definition) is 3. The molecule has 0 saturated heterocycles. The molecule has 0 aliphatic rings. The smallest absolute Gasteiger partial charge is 0.144 e. The summed E-state index contributed by atoms with van der Waals surface area (Å²) in [5.74, 6) is 0.493. The molecule has 0 heterocycles. The number of amidine groups is 1. The molecule has 0 saturated carbocycles. The van der Waals surface area contributed by atoms with Gasteiger partial charge in [0.1, 0.15) is 17.4 Å². The Hall–Kier alpha value is -1.30. The van der Waals surface area contributed by atoms with Gasteiger partial charge in [-0.05, 0) is 47.0 Å². The minimum Gasteiger partial charge on any atom is -0.494 e. The van der Waals surface area contributed by atoms with Gasteiger partial charge in [0.2, 0.25) is 0 Å². The van der Waals surface area contributed by atoms with E-state index in [-0.39, 0.29) is 17.1 Å². The van der Waals surface area contributed by atoms with Crippen molar-refractivity contribution in [3.8, 4) is 5.75 Å². The van der Waals surface area contributed by atoms with Gasteiger partial charge in [0.15, 0.2) is 0 Å². The van der Waals surface area contributed by atoms with Crippen LogP contribution >= 0.6 is 15.9 Å². The zero-order valence-electron chi connectivity index (χ0n) is 11.0. The number of nitrogens with zero attached hydrogens (tertiary/aromatic N) is 1. The molecule has 0 atom stereocenters. The molecular weight excluding hydrogens is 315 g/mol. The average Bonchev–Trinajstić information content (AvgIpc) is 2.37. The van der Waals surface area contributed by atoms with Crippen LogP contribution in [0.1, 0.15) is 26.7 Å². The Balaban J connectivity index is 2.41. The van der Waals surface area contributed by atoms with E-state index in [1.165, 1.54) is 6.07 Å². The third kappa shape index (κ3) is 4.70. The van der Waals surface area contributed by atoms with E-state index in [9.17, 15) is 4.39 Å². The first kappa shape index (κ1) is 15.8. The van der Waals surface area contributed by atoms with Crippen LogP contribution in [0.25, 0.3) is 0 Å². The van der Waals surface area contributed by atoms with Gasteiger partial charge < -0.3 is 15.7 Å². The second-order valence-corrected chi connectivity index (χ2v) is 5.75. The third-order valence-electron chi connectivity index (χ3n) is 2.91. The molecule has 0 spiro atoms. The first-order chi connectivity index (χ1) is 8.86. The van der Waals surface area contributed by atoms with Gasteiger partial charge in [-0.25, -0.2) is 4.39 Å². The highest BCUT2D eigenvalue weighted by Crippen LogP contribution is 2.24. The number of ether oxygens (including phenoxy) is 1. The largest absolute Gasteiger partial charge is 0.494 e. The van der Waals surface area contributed by atoms with Crippen molar-refractivity contribution < 1.29 is 14.3 Å². The van der Waals surface area contributed by atoms with Crippen LogP contribution in [0.3, 0.4) is 0 Å². The molecule has 106 valence electrons. The Labute approximate surface area is 120 Å². The van der Waals surface area contributed by atoms with Gasteiger partial charge in [0, 0.05) is 5.41 Å². The maximum absolute atomic E-state index is 13.0. The average molecular weight is 333 g/mol. The molecule has 1 rings (SSSR count). The van der Waals surface area contributed by atoms with Crippen LogP contribution in [0.4, 0.5) is 4.39 Å². The molecule has 19 heavy (non-hydrogen) atoms. The summed E-state index contributed by atoms with van der Waals surface area (Å²) in [6.45, 7) is 4.29. The fraction of sp³-hybridized carbons (Fsp3) is 0.462. The molecule has 0 aliphatic carbocycles. The monoisotopic (exact) mass is 332 g/mol. The van der Waals surface area contributed by atoms with Gasteiger partial charge in [0.25, 0.3) is 0 Å². The highest BCUT2D eigenvalue weighted by atomic mass is 79.9. The lowest BCUT2D eigenvalue weighted by atomic mass is 9.87. The predicted molar refractivity (Wildman–Crippen MR) is 76.0 cm³/mol. The van der Waals surface area contributed by atoms with Crippen LogP contribution in [0.2, 0.25) is 0 Å². The van der Waals surface area contributed by atoms with Crippen molar-refractivity contribution in [3.63, 3.8) is 0 Å². The van der Waals surface area contributed by atoms with Gasteiger partial charge in [0.05, 0.1) is 11.1 Å². The fourth-order valence-corrected chi connectivity index (χ4v) is 1.89. The number of rotatable bonds is 6. The fourth-order valence-electron chi connectivity index (χ4n) is 1.53. The Morgan fingerprint density at radius 1 is 1.53 bits per heavy atom. The molecule has 0 amide bonds. The normalized spacial score (nSPS) is 12.5. The van der Waals surface area contributed by atoms with E-state index in [4.69, 9.17) is 15.7 Å². The lowest BCUT2D eigenvalue weighted by Crippen LogP contribution is -2.32. The van der Waals surface area contributed by atoms with Crippen molar-refractivity contribution >= 4 is 21.8 Å². The third-order valence-corrected chi connectivity index (χ3v) is 3.51. The SMILES string of the molecule is CC(C)(CCCOc1ccc(F)c(Br)c1)/C(N)=N/O. The summed E-state index contributed by atoms with van der Waals surface area (Å²) in [7, 11) is 0. The molecule has 1 aromatic rings. The van der Waals surface area contributed by atoms with Crippen molar-refractivity contribution in [3.05, 3.63) is 28.5 Å². The number of halogens is 2. The van der Waals surface area contributed by atoms with E-state index in [0.717, 1.165) is 12.8 Å². The summed E-state index contributed by atoms with van der Waals surface area (Å²) >= 11 is 3.10. The number of hydrogen-bond donors (Lipinski definition) is 2. The summed E-state index contributed by atoms with van der Waals surface area (Å²) in [6.07, 6.45) is 1.48. The predicted octanol–water partition coefficient (Wildman–Crippen LogP) is 3.52. The minimum absolute atomic E-state index is 0.206. The Bertz CT molecular complexity index is 464. The van der Waals surface area contributed by atoms with Crippen LogP contribution in [0.5, 0.6) is 5.75 Å². The Kier molecular flexibility index (Phi) is 5.60. The summed E-state index contributed by atoms with van der Waals surface area (Å²) in [5, 5.41) is 11.7. The van der Waals surface area contributed by atoms with E-state index in [1.54, 1.807) is 12.1 Å². The summed E-state index contributed by atoms with van der Waals surface area (Å²) in [5.41, 5.74) is 5.22. The standard InChI is InChI=1S/C13H18BrFN2O2/c1-13(2,12(16)17-18)6-3-7-19-9-4-5-11(15)10(14)8-9/h4-5,8,18H,3,6-7H2,1-2H3,(H2,16,17). The minimum atomic E-state index is -0.374. The molecule has 0 radical (unpaired) electrons. The van der Waals surface area contributed by atoms with Crippen molar-refractivity contribution in [2.24, 2.45) is 16.3 Å². The van der Waals surface area contributed by atoms with Gasteiger partial charge in [-0.1, -0.05) is 19.0 Å². The van der Waals surface area contributed by atoms with E-state index in [1.807, 2.05) is 13.8 Å². The lowest BCUT2D eigenvalue weighted by Gasteiger charge is -2.22. The molecule has 0 fully saturated rings.